The van der Waals surface area contributed by atoms with Gasteiger partial charge in [0.05, 0.1) is 34.0 Å². The Labute approximate surface area is 886 Å². The van der Waals surface area contributed by atoms with E-state index < -0.39 is 102 Å². The van der Waals surface area contributed by atoms with Crippen LogP contribution in [0.2, 0.25) is 0 Å². The number of alkyl halides is 1. The van der Waals surface area contributed by atoms with Gasteiger partial charge in [0.1, 0.15) is 68.3 Å². The van der Waals surface area contributed by atoms with Crippen LogP contribution in [0.25, 0.3) is 0 Å². The summed E-state index contributed by atoms with van der Waals surface area (Å²) < 4.78 is 63.8. The van der Waals surface area contributed by atoms with Crippen molar-refractivity contribution in [3.63, 3.8) is 0 Å². The summed E-state index contributed by atoms with van der Waals surface area (Å²) >= 11 is 3.39. The monoisotopic (exact) mass is 2180 g/mol. The third-order valence-electron chi connectivity index (χ3n) is 21.1. The Morgan fingerprint density at radius 1 is 0.464 bits per heavy atom. The number of likely N-dealkylation sites (tertiary alicyclic amines) is 4. The van der Waals surface area contributed by atoms with Gasteiger partial charge in [-0.1, -0.05) is 43.6 Å². The zero-order chi connectivity index (χ0) is 103. The Hall–Kier alpha value is -5.57. The zero-order valence-corrected chi connectivity index (χ0v) is 94.6. The van der Waals surface area contributed by atoms with Gasteiger partial charge in [-0.05, 0) is 324 Å². The predicted octanol–water partition coefficient (Wildman–Crippen LogP) is 14.1. The van der Waals surface area contributed by atoms with E-state index in [-0.39, 0.29) is 128 Å². The first-order chi connectivity index (χ1) is 62.2. The number of amides is 6. The molecule has 9 rings (SSSR count). The number of methoxy groups -OCH3 is 4. The molecule has 9 saturated heterocycles. The minimum Gasteiger partial charge on any atom is -1.00 e. The second-order valence-corrected chi connectivity index (χ2v) is 43.3. The van der Waals surface area contributed by atoms with Crippen LogP contribution in [0.3, 0.4) is 0 Å². The van der Waals surface area contributed by atoms with E-state index in [1.807, 2.05) is 83.1 Å². The van der Waals surface area contributed by atoms with Crippen LogP contribution in [0, 0.1) is 5.92 Å². The number of carboxylic acids is 1. The first-order valence-corrected chi connectivity index (χ1v) is 50.8. The summed E-state index contributed by atoms with van der Waals surface area (Å²) in [7, 11) is 13.9. The van der Waals surface area contributed by atoms with Crippen LogP contribution >= 0.6 is 49.7 Å². The number of carbonyl (C=O) groups is 13. The molecule has 0 bridgehead atoms. The predicted molar refractivity (Wildman–Crippen MR) is 550 cm³/mol. The van der Waals surface area contributed by atoms with Crippen molar-refractivity contribution in [2.45, 2.75) is 420 Å². The topological polar surface area (TPSA) is 515 Å². The Kier molecular flexibility index (Phi) is 80.4. The minimum atomic E-state index is -1.67. The number of piperidine rings is 9. The summed E-state index contributed by atoms with van der Waals surface area (Å²) in [6.07, 6.45) is 22.1. The fourth-order valence-corrected chi connectivity index (χ4v) is 15.7. The second-order valence-electron chi connectivity index (χ2n) is 40.0. The SMILES string of the molecule is C.C.CC(C)(C)OC(=O)N1CCCCC12CCCNC2=O.CC(C)(C)OC(=O)OC(=O)OC(C)(C)C.CO.COC(=O)C1(CCCBr)CCCCN1C(=O)OC(C)(C)C.COC(=O)C1(CCCN)CCCCN1C(=O)OC(C)(C)C.COC(=O)C1CCCCN1.COC(=O)C1CCCCN1C(=O)OC(C)(C)C.C[C-](C)C.Cl.N.O=C(O)C1CCCCN1.O=C1NCCCC12CCCCN2.O=S(Cl)Cl.[Cl-].[Mg+2]. The molecule has 6 amide bonds. The molecule has 2 spiro atoms. The van der Waals surface area contributed by atoms with Crippen LogP contribution in [0.15, 0.2) is 0 Å². The Morgan fingerprint density at radius 3 is 1.14 bits per heavy atom. The number of hydrogen-bond acceptors (Lipinski definition) is 31. The smallest absolute Gasteiger partial charge is 1.00 e. The van der Waals surface area contributed by atoms with Crippen molar-refractivity contribution in [1.82, 2.24) is 52.3 Å². The summed E-state index contributed by atoms with van der Waals surface area (Å²) in [6, 6.07) is -0.818. The van der Waals surface area contributed by atoms with Gasteiger partial charge in [0.15, 0.2) is 0 Å². The van der Waals surface area contributed by atoms with Gasteiger partial charge in [-0.2, -0.15) is 20.8 Å². The number of carbonyl (C=O) groups excluding carboxylic acids is 12. The molecule has 9 heterocycles. The van der Waals surface area contributed by atoms with E-state index in [4.69, 9.17) is 62.8 Å². The van der Waals surface area contributed by atoms with Crippen molar-refractivity contribution in [2.24, 2.45) is 5.73 Å². The van der Waals surface area contributed by atoms with Crippen molar-refractivity contribution in [1.29, 1.82) is 0 Å². The second kappa shape index (κ2) is 75.2. The van der Waals surface area contributed by atoms with Gasteiger partial charge in [-0.25, -0.2) is 47.4 Å². The summed E-state index contributed by atoms with van der Waals surface area (Å²) in [6.45, 7) is 45.2. The van der Waals surface area contributed by atoms with Crippen LogP contribution in [0.1, 0.15) is 346 Å². The van der Waals surface area contributed by atoms with Gasteiger partial charge < -0.3 is 119 Å². The van der Waals surface area contributed by atoms with Crippen molar-refractivity contribution >= 4 is 160 Å². The fourth-order valence-electron chi connectivity index (χ4n) is 15.5. The van der Waals surface area contributed by atoms with E-state index in [0.29, 0.717) is 77.8 Å². The number of aliphatic carboxylic acids is 1. The number of aliphatic hydroxyl groups is 1. The molecular weight excluding hydrogens is 2010 g/mol. The van der Waals surface area contributed by atoms with Gasteiger partial charge >= 0.3 is 89.6 Å². The molecule has 9 aliphatic rings. The first kappa shape index (κ1) is 150. The van der Waals surface area contributed by atoms with Crippen molar-refractivity contribution in [3.05, 3.63) is 5.92 Å². The zero-order valence-electron chi connectivity index (χ0n) is 87.7. The maximum absolute atomic E-state index is 12.5. The third-order valence-corrected chi connectivity index (χ3v) is 21.7. The Balaban J connectivity index is -0.000000235. The molecule has 9 fully saturated rings. The van der Waals surface area contributed by atoms with Crippen LogP contribution < -0.4 is 50.9 Å². The fraction of sp³-hybridized carbons (Fsp3) is 0.853. The number of aliphatic hydroxyl groups excluding tert-OH is 1. The van der Waals surface area contributed by atoms with Gasteiger partial charge in [-0.15, -0.1) is 12.4 Å². The number of halogens is 5. The Morgan fingerprint density at radius 2 is 0.800 bits per heavy atom. The van der Waals surface area contributed by atoms with E-state index in [1.165, 1.54) is 58.5 Å². The number of nitrogens with one attached hydrogen (secondary N) is 5. The van der Waals surface area contributed by atoms with Gasteiger partial charge in [0.25, 0.3) is 0 Å². The normalized spacial score (nSPS) is 21.8. The minimum absolute atomic E-state index is 0. The molecule has 0 aromatic rings. The molecular formula is C95H182BrCl4MgN11O27S. The van der Waals surface area contributed by atoms with Crippen LogP contribution in [-0.2, 0) is 94.9 Å². The van der Waals surface area contributed by atoms with E-state index in [0.717, 1.165) is 167 Å². The molecule has 0 radical (unpaired) electrons. The van der Waals surface area contributed by atoms with Gasteiger partial charge in [0.2, 0.25) is 21.0 Å². The van der Waals surface area contributed by atoms with Crippen molar-refractivity contribution in [2.75, 3.05) is 106 Å². The summed E-state index contributed by atoms with van der Waals surface area (Å²) in [5, 5.41) is 31.5. The molecule has 0 aliphatic carbocycles. The third kappa shape index (κ3) is 61.1. The van der Waals surface area contributed by atoms with E-state index in [2.05, 4.69) is 94.1 Å². The molecule has 822 valence electrons. The molecule has 7 atom stereocenters. The van der Waals surface area contributed by atoms with Crippen LogP contribution in [-0.4, -0.2) is 316 Å². The average Bonchev–Trinajstić information content (AvgIpc) is 0.765. The van der Waals surface area contributed by atoms with E-state index in [9.17, 15) is 62.3 Å². The largest absolute Gasteiger partial charge is 2.00 e. The van der Waals surface area contributed by atoms with Crippen molar-refractivity contribution < 1.29 is 141 Å². The molecule has 0 saturated carbocycles. The molecule has 45 heteroatoms. The number of esters is 4. The number of nitrogens with two attached hydrogens (primary N) is 1. The quantitative estimate of drug-likeness (QED) is 0.0176. The van der Waals surface area contributed by atoms with E-state index >= 15 is 0 Å². The molecule has 12 N–H and O–H groups in total. The molecule has 140 heavy (non-hydrogen) atoms. The van der Waals surface area contributed by atoms with Gasteiger partial charge in [-0.3, -0.25) is 38.8 Å². The van der Waals surface area contributed by atoms with Gasteiger partial charge in [0, 0.05) is 73.1 Å². The van der Waals surface area contributed by atoms with Crippen LogP contribution in [0.5, 0.6) is 0 Å². The molecule has 0 aromatic carbocycles. The van der Waals surface area contributed by atoms with E-state index in [1.54, 1.807) is 56.2 Å². The van der Waals surface area contributed by atoms with Crippen LogP contribution in [0.4, 0.5) is 28.8 Å². The number of hydrogen-bond donors (Lipinski definition) is 9. The van der Waals surface area contributed by atoms with Crippen molar-refractivity contribution in [3.8, 4) is 0 Å². The number of rotatable bonds is 11. The molecule has 9 aliphatic heterocycles. The summed E-state index contributed by atoms with van der Waals surface area (Å²) in [5.74, 6) is -0.279. The maximum Gasteiger partial charge on any atom is 2.00 e. The average molecular weight is 2190 g/mol. The molecule has 38 nitrogen and oxygen atoms in total. The summed E-state index contributed by atoms with van der Waals surface area (Å²) in [5.41, 5.74) is -0.725. The number of nitrogens with zero attached hydrogens (tertiary/aromatic N) is 4. The molecule has 7 unspecified atom stereocenters. The summed E-state index contributed by atoms with van der Waals surface area (Å²) in [4.78, 5) is 159. The number of ether oxygens (including phenoxy) is 11. The first-order valence-electron chi connectivity index (χ1n) is 46.9. The number of carboxylic acid groups (broad SMARTS) is 1. The standard InChI is InChI=1S/C15H26BrNO4.C15H28N2O4.C14H24N2O3.C12H21NO4.C10H18O5.C9H16N2O.C7H13NO2.C6H11NO2.C4H9.CH4O.2CH4.Cl2OS.2ClH.Mg.H3N/c2*1-14(2,3)21-13(19)17-11-6-5-8-15(17,9-7-10-16)12(18)20-4;1-13(2,3)19-12(18)16-10-5-4-7-14(16)8-6-9-15-11(14)17;1-12(2,3)17-11(15)13-8-6-5-7-9(13)10(14)16-4;1-9(2,3)14-7(11)13-8(12)15-10(4,5)6;12-8-9(5-3-6-10-8)4-1-2-7-11-9;1-10-7(9)6-4-2-3-5-8-6;8-6(9)5-3-1-2-4-7-5;1-4(2)3;1-2;;;1-4(2)3;;;;/h5-11H2,1-4H3;5-11,16H2,1-4H3;4-10H2,1-3H3,(H,15,17);9H,5-8H2,1-4H3;1-6H3;11H,1-7H2,(H,10,12);6,8H,2-5H2,1H3;5,7H,1-4H2,(H,8,9);1-3H3;2H,1H3;2*1H4;;2*1H;;1H3/q;;;;;;;;-1;;;;;;;+2;/p-1. The maximum atomic E-state index is 12.5. The Bertz CT molecular complexity index is 3440. The molecule has 0 aromatic heterocycles.